The van der Waals surface area contributed by atoms with E-state index < -0.39 is 12.7 Å². The Bertz CT molecular complexity index is 945. The van der Waals surface area contributed by atoms with Gasteiger partial charge in [-0.05, 0) is 23.8 Å². The zero-order chi connectivity index (χ0) is 18.3. The predicted molar refractivity (Wildman–Crippen MR) is 92.0 cm³/mol. The average molecular weight is 357 g/mol. The van der Waals surface area contributed by atoms with E-state index in [2.05, 4.69) is 4.98 Å². The molecule has 1 aliphatic heterocycles. The molecule has 0 spiro atoms. The van der Waals surface area contributed by atoms with Crippen molar-refractivity contribution < 1.29 is 18.3 Å². The number of benzene rings is 2. The van der Waals surface area contributed by atoms with Gasteiger partial charge in [0, 0.05) is 13.5 Å². The third-order valence-corrected chi connectivity index (χ3v) is 4.54. The number of carbonyl (C=O) groups is 1. The second-order valence-corrected chi connectivity index (χ2v) is 6.28. The minimum Gasteiger partial charge on any atom is -0.480 e. The van der Waals surface area contributed by atoms with Crippen molar-refractivity contribution in [3.05, 3.63) is 59.9 Å². The number of para-hydroxylation sites is 3. The molecule has 26 heavy (non-hydrogen) atoms. The molecule has 2 aromatic carbocycles. The van der Waals surface area contributed by atoms with Gasteiger partial charge in [-0.1, -0.05) is 30.3 Å². The van der Waals surface area contributed by atoms with Crippen LogP contribution in [0.1, 0.15) is 17.9 Å². The Balaban J connectivity index is 1.55. The zero-order valence-corrected chi connectivity index (χ0v) is 14.1. The number of ether oxygens (including phenoxy) is 1. The molecule has 2 heterocycles. The number of carbonyl (C=O) groups excluding carboxylic acids is 1. The fourth-order valence-corrected chi connectivity index (χ4v) is 3.28. The first-order valence-corrected chi connectivity index (χ1v) is 8.28. The van der Waals surface area contributed by atoms with Gasteiger partial charge < -0.3 is 9.64 Å². The van der Waals surface area contributed by atoms with E-state index in [4.69, 9.17) is 4.74 Å². The Hall–Kier alpha value is -2.96. The summed E-state index contributed by atoms with van der Waals surface area (Å²) in [5.74, 6) is 0.584. The second-order valence-electron chi connectivity index (χ2n) is 6.28. The summed E-state index contributed by atoms with van der Waals surface area (Å²) in [5, 5.41) is 0. The molecule has 0 N–H and O–H groups in total. The number of likely N-dealkylation sites (N-methyl/N-ethyl adjacent to an activating group) is 1. The molecule has 3 aromatic rings. The molecule has 0 unspecified atom stereocenters. The third kappa shape index (κ3) is 2.79. The number of hydrogen-bond donors (Lipinski definition) is 0. The van der Waals surface area contributed by atoms with E-state index in [1.807, 2.05) is 24.3 Å². The average Bonchev–Trinajstić information content (AvgIpc) is 3.21. The molecule has 0 radical (unpaired) electrons. The van der Waals surface area contributed by atoms with Crippen LogP contribution in [0.2, 0.25) is 0 Å². The summed E-state index contributed by atoms with van der Waals surface area (Å²) >= 11 is 0. The number of amides is 1. The number of hydrogen-bond acceptors (Lipinski definition) is 3. The van der Waals surface area contributed by atoms with E-state index in [0.29, 0.717) is 23.2 Å². The standard InChI is InChI=1S/C19H17F2N3O2/c1-23(18(25)16-10-12-6-2-5-9-15(12)26-16)11-17-22-13-7-3-4-8-14(13)24(17)19(20)21/h2-9,16,19H,10-11H2,1H3/t16-/m0/s1. The van der Waals surface area contributed by atoms with Crippen molar-refractivity contribution in [1.82, 2.24) is 14.5 Å². The minimum atomic E-state index is -2.73. The third-order valence-electron chi connectivity index (χ3n) is 4.54. The molecular formula is C19H17F2N3O2. The highest BCUT2D eigenvalue weighted by atomic mass is 19.3. The fraction of sp³-hybridized carbons (Fsp3) is 0.263. The van der Waals surface area contributed by atoms with Crippen LogP contribution < -0.4 is 4.74 Å². The Morgan fingerprint density at radius 1 is 1.27 bits per heavy atom. The summed E-state index contributed by atoms with van der Waals surface area (Å²) in [5.41, 5.74) is 1.80. The lowest BCUT2D eigenvalue weighted by atomic mass is 10.1. The van der Waals surface area contributed by atoms with Gasteiger partial charge in [0.05, 0.1) is 17.6 Å². The molecule has 1 atom stereocenters. The van der Waals surface area contributed by atoms with Gasteiger partial charge in [-0.15, -0.1) is 0 Å². The Labute approximate surface area is 148 Å². The van der Waals surface area contributed by atoms with Crippen LogP contribution >= 0.6 is 0 Å². The molecule has 0 aliphatic carbocycles. The quantitative estimate of drug-likeness (QED) is 0.719. The number of rotatable bonds is 4. The number of imidazole rings is 1. The number of alkyl halides is 2. The maximum atomic E-state index is 13.5. The highest BCUT2D eigenvalue weighted by molar-refractivity contribution is 5.82. The molecule has 0 saturated heterocycles. The van der Waals surface area contributed by atoms with Crippen molar-refractivity contribution in [1.29, 1.82) is 0 Å². The van der Waals surface area contributed by atoms with Crippen LogP contribution in [0.4, 0.5) is 8.78 Å². The largest absolute Gasteiger partial charge is 0.480 e. The van der Waals surface area contributed by atoms with Gasteiger partial charge in [-0.3, -0.25) is 9.36 Å². The van der Waals surface area contributed by atoms with E-state index in [1.54, 1.807) is 31.3 Å². The van der Waals surface area contributed by atoms with Crippen molar-refractivity contribution in [2.24, 2.45) is 0 Å². The van der Waals surface area contributed by atoms with Crippen LogP contribution in [0, 0.1) is 0 Å². The number of nitrogens with zero attached hydrogens (tertiary/aromatic N) is 3. The summed E-state index contributed by atoms with van der Waals surface area (Å²) in [4.78, 5) is 18.3. The second kappa shape index (κ2) is 6.40. The topological polar surface area (TPSA) is 47.4 Å². The lowest BCUT2D eigenvalue weighted by Gasteiger charge is -2.21. The van der Waals surface area contributed by atoms with Crippen LogP contribution in [-0.2, 0) is 17.8 Å². The van der Waals surface area contributed by atoms with Crippen LogP contribution in [0.5, 0.6) is 5.75 Å². The first-order valence-electron chi connectivity index (χ1n) is 8.28. The molecule has 7 heteroatoms. The van der Waals surface area contributed by atoms with Gasteiger partial charge >= 0.3 is 6.55 Å². The van der Waals surface area contributed by atoms with Crippen molar-refractivity contribution in [2.45, 2.75) is 25.6 Å². The highest BCUT2D eigenvalue weighted by Gasteiger charge is 2.31. The van der Waals surface area contributed by atoms with Crippen LogP contribution in [0.25, 0.3) is 11.0 Å². The van der Waals surface area contributed by atoms with E-state index >= 15 is 0 Å². The molecule has 134 valence electrons. The van der Waals surface area contributed by atoms with Gasteiger partial charge in [0.25, 0.3) is 5.91 Å². The summed E-state index contributed by atoms with van der Waals surface area (Å²) in [6, 6.07) is 14.2. The normalized spacial score (nSPS) is 15.9. The first-order chi connectivity index (χ1) is 12.5. The zero-order valence-electron chi connectivity index (χ0n) is 14.1. The van der Waals surface area contributed by atoms with Crippen molar-refractivity contribution >= 4 is 16.9 Å². The Kier molecular flexibility index (Phi) is 4.06. The number of aromatic nitrogens is 2. The summed E-state index contributed by atoms with van der Waals surface area (Å²) in [7, 11) is 1.57. The van der Waals surface area contributed by atoms with Gasteiger partial charge in [0.2, 0.25) is 0 Å². The SMILES string of the molecule is CN(Cc1nc2ccccc2n1C(F)F)C(=O)[C@@H]1Cc2ccccc2O1. The summed E-state index contributed by atoms with van der Waals surface area (Å²) in [6.07, 6.45) is -0.160. The molecule has 1 aliphatic rings. The number of fused-ring (bicyclic) bond motifs is 2. The Morgan fingerprint density at radius 2 is 2.00 bits per heavy atom. The molecule has 5 nitrogen and oxygen atoms in total. The molecule has 0 saturated carbocycles. The maximum absolute atomic E-state index is 13.5. The molecule has 0 fully saturated rings. The van der Waals surface area contributed by atoms with Crippen LogP contribution in [-0.4, -0.2) is 33.5 Å². The van der Waals surface area contributed by atoms with Gasteiger partial charge in [-0.2, -0.15) is 8.78 Å². The molecule has 1 aromatic heterocycles. The maximum Gasteiger partial charge on any atom is 0.320 e. The van der Waals surface area contributed by atoms with Gasteiger partial charge in [-0.25, -0.2) is 4.98 Å². The molecule has 4 rings (SSSR count). The van der Waals surface area contributed by atoms with Gasteiger partial charge in [0.1, 0.15) is 11.6 Å². The van der Waals surface area contributed by atoms with E-state index in [0.717, 1.165) is 10.1 Å². The molecule has 1 amide bonds. The van der Waals surface area contributed by atoms with E-state index in [-0.39, 0.29) is 18.3 Å². The molecule has 0 bridgehead atoms. The van der Waals surface area contributed by atoms with Crippen molar-refractivity contribution in [3.63, 3.8) is 0 Å². The van der Waals surface area contributed by atoms with Crippen molar-refractivity contribution in [2.75, 3.05) is 7.05 Å². The Morgan fingerprint density at radius 3 is 2.77 bits per heavy atom. The first kappa shape index (κ1) is 16.5. The van der Waals surface area contributed by atoms with E-state index in [9.17, 15) is 13.6 Å². The monoisotopic (exact) mass is 357 g/mol. The summed E-state index contributed by atoms with van der Waals surface area (Å²) < 4.78 is 33.6. The lowest BCUT2D eigenvalue weighted by Crippen LogP contribution is -2.39. The smallest absolute Gasteiger partial charge is 0.320 e. The predicted octanol–water partition coefficient (Wildman–Crippen LogP) is 3.39. The van der Waals surface area contributed by atoms with E-state index in [1.165, 1.54) is 4.90 Å². The number of halogens is 2. The van der Waals surface area contributed by atoms with Crippen molar-refractivity contribution in [3.8, 4) is 5.75 Å². The van der Waals surface area contributed by atoms with Crippen LogP contribution in [0.3, 0.4) is 0 Å². The summed E-state index contributed by atoms with van der Waals surface area (Å²) in [6.45, 7) is -2.75. The highest BCUT2D eigenvalue weighted by Crippen LogP contribution is 2.29. The van der Waals surface area contributed by atoms with Crippen LogP contribution in [0.15, 0.2) is 48.5 Å². The fourth-order valence-electron chi connectivity index (χ4n) is 3.28. The molecular weight excluding hydrogens is 340 g/mol. The van der Waals surface area contributed by atoms with Gasteiger partial charge in [0.15, 0.2) is 6.10 Å². The minimum absolute atomic E-state index is 0.0198. The lowest BCUT2D eigenvalue weighted by molar-refractivity contribution is -0.137.